The van der Waals surface area contributed by atoms with E-state index < -0.39 is 124 Å². The van der Waals surface area contributed by atoms with E-state index in [1.165, 1.54) is 193 Å². The van der Waals surface area contributed by atoms with Gasteiger partial charge in [0.05, 0.1) is 38.6 Å². The second kappa shape index (κ2) is 58.0. The van der Waals surface area contributed by atoms with Crippen LogP contribution in [0.1, 0.15) is 290 Å². The molecule has 17 unspecified atom stereocenters. The fourth-order valence-corrected chi connectivity index (χ4v) is 12.8. The van der Waals surface area contributed by atoms with Crippen LogP contribution in [0.3, 0.4) is 0 Å². The SMILES string of the molecule is CCCCCCC/C=C\C/C=C\CCCCCCCCCCCCCC(=O)NC(COC1OC(CO)C(OC2OC(CO)C(OC3OC(CO)C(O)C(O)C3O)C(O)C2O)C(O)C1O)C(O)/C=C/CC/C=C/CC/C=C/CCCCCCCCCCCCCCCCCCCC. The van der Waals surface area contributed by atoms with Gasteiger partial charge in [0, 0.05) is 6.42 Å². The second-order valence-corrected chi connectivity index (χ2v) is 27.4. The normalized spacial score (nSPS) is 27.4. The van der Waals surface area contributed by atoms with Crippen LogP contribution in [0.2, 0.25) is 0 Å². The maximum absolute atomic E-state index is 13.4. The minimum atomic E-state index is -1.99. The first-order chi connectivity index (χ1) is 46.8. The number of amides is 1. The van der Waals surface area contributed by atoms with Gasteiger partial charge in [0.25, 0.3) is 0 Å². The van der Waals surface area contributed by atoms with E-state index in [4.69, 9.17) is 28.4 Å². The third-order valence-corrected chi connectivity index (χ3v) is 19.0. The number of allylic oxidation sites excluding steroid dienone is 9. The van der Waals surface area contributed by atoms with Gasteiger partial charge in [0.1, 0.15) is 73.2 Å². The number of hydrogen-bond donors (Lipinski definition) is 12. The molecule has 0 bridgehead atoms. The van der Waals surface area contributed by atoms with Crippen molar-refractivity contribution in [3.63, 3.8) is 0 Å². The molecular weight excluding hydrogens is 1230 g/mol. The van der Waals surface area contributed by atoms with Gasteiger partial charge in [-0.2, -0.15) is 0 Å². The van der Waals surface area contributed by atoms with Gasteiger partial charge in [0.2, 0.25) is 5.91 Å². The molecule has 19 heteroatoms. The zero-order valence-corrected chi connectivity index (χ0v) is 59.6. The summed E-state index contributed by atoms with van der Waals surface area (Å²) in [6.45, 7) is 1.73. The Labute approximate surface area is 579 Å². The largest absolute Gasteiger partial charge is 0.394 e. The molecule has 3 heterocycles. The molecule has 0 aromatic rings. The van der Waals surface area contributed by atoms with Crippen molar-refractivity contribution in [1.29, 1.82) is 0 Å². The van der Waals surface area contributed by atoms with Gasteiger partial charge in [-0.1, -0.05) is 267 Å². The summed E-state index contributed by atoms with van der Waals surface area (Å²) in [5, 5.41) is 121. The fourth-order valence-electron chi connectivity index (χ4n) is 12.8. The molecule has 3 aliphatic rings. The van der Waals surface area contributed by atoms with Gasteiger partial charge in [-0.3, -0.25) is 4.79 Å². The molecule has 0 spiro atoms. The highest BCUT2D eigenvalue weighted by atomic mass is 16.8. The minimum absolute atomic E-state index is 0.228. The zero-order valence-electron chi connectivity index (χ0n) is 59.6. The molecule has 17 atom stereocenters. The lowest BCUT2D eigenvalue weighted by Gasteiger charge is -2.48. The van der Waals surface area contributed by atoms with Crippen LogP contribution >= 0.6 is 0 Å². The molecule has 19 nitrogen and oxygen atoms in total. The van der Waals surface area contributed by atoms with Crippen LogP contribution in [0, 0.1) is 0 Å². The topological polar surface area (TPSA) is 307 Å². The van der Waals surface area contributed by atoms with E-state index in [1.54, 1.807) is 6.08 Å². The molecule has 560 valence electrons. The van der Waals surface area contributed by atoms with Crippen LogP contribution in [0.25, 0.3) is 0 Å². The van der Waals surface area contributed by atoms with Gasteiger partial charge in [-0.15, -0.1) is 0 Å². The lowest BCUT2D eigenvalue weighted by atomic mass is 9.96. The molecule has 3 saturated heterocycles. The summed E-state index contributed by atoms with van der Waals surface area (Å²) >= 11 is 0. The Morgan fingerprint density at radius 1 is 0.375 bits per heavy atom. The quantitative estimate of drug-likeness (QED) is 0.0199. The zero-order chi connectivity index (χ0) is 69.6. The van der Waals surface area contributed by atoms with Gasteiger partial charge in [0.15, 0.2) is 18.9 Å². The first-order valence-electron chi connectivity index (χ1n) is 38.5. The first kappa shape index (κ1) is 87.7. The summed E-state index contributed by atoms with van der Waals surface area (Å²) in [5.41, 5.74) is 0. The summed E-state index contributed by atoms with van der Waals surface area (Å²) < 4.78 is 34.4. The van der Waals surface area contributed by atoms with Crippen molar-refractivity contribution < 1.29 is 89.4 Å². The molecule has 3 rings (SSSR count). The van der Waals surface area contributed by atoms with E-state index in [2.05, 4.69) is 67.8 Å². The molecular formula is C77H139NO18. The van der Waals surface area contributed by atoms with E-state index in [-0.39, 0.29) is 18.9 Å². The van der Waals surface area contributed by atoms with Crippen LogP contribution in [0.5, 0.6) is 0 Å². The summed E-state index contributed by atoms with van der Waals surface area (Å²) in [6, 6.07) is -1.00. The molecule has 12 N–H and O–H groups in total. The number of ether oxygens (including phenoxy) is 6. The monoisotopic (exact) mass is 1370 g/mol. The average Bonchev–Trinajstić information content (AvgIpc) is 0.788. The van der Waals surface area contributed by atoms with Crippen molar-refractivity contribution in [2.45, 2.75) is 394 Å². The Morgan fingerprint density at radius 3 is 1.10 bits per heavy atom. The lowest BCUT2D eigenvalue weighted by molar-refractivity contribution is -0.379. The Bertz CT molecular complexity index is 1970. The number of rotatable bonds is 60. The van der Waals surface area contributed by atoms with Crippen molar-refractivity contribution in [3.8, 4) is 0 Å². The van der Waals surface area contributed by atoms with Crippen LogP contribution in [-0.4, -0.2) is 193 Å². The predicted molar refractivity (Wildman–Crippen MR) is 379 cm³/mol. The Kier molecular flexibility index (Phi) is 53.0. The maximum Gasteiger partial charge on any atom is 0.220 e. The van der Waals surface area contributed by atoms with Crippen molar-refractivity contribution in [1.82, 2.24) is 5.32 Å². The van der Waals surface area contributed by atoms with Crippen LogP contribution in [-0.2, 0) is 33.2 Å². The molecule has 3 aliphatic heterocycles. The van der Waals surface area contributed by atoms with E-state index in [0.29, 0.717) is 12.8 Å². The van der Waals surface area contributed by atoms with Gasteiger partial charge >= 0.3 is 0 Å². The summed E-state index contributed by atoms with van der Waals surface area (Å²) in [4.78, 5) is 13.4. The molecule has 0 radical (unpaired) electrons. The standard InChI is InChI=1S/C77H139NO18/c1-3-5-7-9-11-13-15-17-19-21-23-25-27-28-29-30-31-33-34-36-38-40-42-44-46-48-50-52-54-61(82)60(78-65(83)55-53-51-49-47-45-43-41-39-37-35-32-26-24-22-20-18-16-14-12-10-8-6-4-2)59-91-75-71(89)68(86)73(63(57-80)93-75)96-77-72(90)69(87)74(64(58-81)94-77)95-76-70(88)67(85)66(84)62(56-79)92-76/h16,18,22,24,36,38,44,46,52,54,60-64,66-77,79-82,84-90H,3-15,17,19-21,23,25-35,37,39-43,45,47-51,53,55-59H2,1-2H3,(H,78,83)/b18-16-,24-22-,38-36+,46-44+,54-52+. The number of aliphatic hydroxyl groups is 11. The number of unbranched alkanes of at least 4 members (excludes halogenated alkanes) is 36. The summed E-state index contributed by atoms with van der Waals surface area (Å²) in [7, 11) is 0. The first-order valence-corrected chi connectivity index (χ1v) is 38.5. The molecule has 3 fully saturated rings. The van der Waals surface area contributed by atoms with Gasteiger partial charge in [-0.05, 0) is 77.0 Å². The maximum atomic E-state index is 13.4. The van der Waals surface area contributed by atoms with Gasteiger partial charge in [-0.25, -0.2) is 0 Å². The Balaban J connectivity index is 1.42. The van der Waals surface area contributed by atoms with Gasteiger partial charge < -0.3 is 89.9 Å². The van der Waals surface area contributed by atoms with E-state index in [0.717, 1.165) is 64.2 Å². The molecule has 0 aromatic carbocycles. The van der Waals surface area contributed by atoms with Crippen molar-refractivity contribution in [2.75, 3.05) is 26.4 Å². The number of hydrogen-bond acceptors (Lipinski definition) is 18. The van der Waals surface area contributed by atoms with E-state index in [1.807, 2.05) is 6.08 Å². The highest BCUT2D eigenvalue weighted by molar-refractivity contribution is 5.76. The van der Waals surface area contributed by atoms with Crippen molar-refractivity contribution in [3.05, 3.63) is 60.8 Å². The Morgan fingerprint density at radius 2 is 0.698 bits per heavy atom. The third kappa shape index (κ3) is 38.5. The van der Waals surface area contributed by atoms with Crippen molar-refractivity contribution in [2.24, 2.45) is 0 Å². The van der Waals surface area contributed by atoms with Crippen LogP contribution < -0.4 is 5.32 Å². The lowest BCUT2D eigenvalue weighted by Crippen LogP contribution is -2.66. The van der Waals surface area contributed by atoms with E-state index in [9.17, 15) is 61.0 Å². The molecule has 1 amide bonds. The number of nitrogens with one attached hydrogen (secondary N) is 1. The number of aliphatic hydroxyl groups excluding tert-OH is 11. The fraction of sp³-hybridized carbons (Fsp3) is 0.857. The predicted octanol–water partition coefficient (Wildman–Crippen LogP) is 11.9. The van der Waals surface area contributed by atoms with Crippen molar-refractivity contribution >= 4 is 5.91 Å². The van der Waals surface area contributed by atoms with E-state index >= 15 is 0 Å². The molecule has 0 aromatic heterocycles. The summed E-state index contributed by atoms with van der Waals surface area (Å²) in [5.74, 6) is -0.290. The molecule has 0 saturated carbocycles. The number of carbonyl (C=O) groups excluding carboxylic acids is 1. The average molecular weight is 1370 g/mol. The minimum Gasteiger partial charge on any atom is -0.394 e. The second-order valence-electron chi connectivity index (χ2n) is 27.4. The highest BCUT2D eigenvalue weighted by Gasteiger charge is 2.53. The highest BCUT2D eigenvalue weighted by Crippen LogP contribution is 2.33. The third-order valence-electron chi connectivity index (χ3n) is 19.0. The number of carbonyl (C=O) groups is 1. The van der Waals surface area contributed by atoms with Crippen LogP contribution in [0.15, 0.2) is 60.8 Å². The smallest absolute Gasteiger partial charge is 0.220 e. The Hall–Kier alpha value is -2.51. The molecule has 96 heavy (non-hydrogen) atoms. The summed E-state index contributed by atoms with van der Waals surface area (Å²) in [6.07, 6.45) is 46.3. The van der Waals surface area contributed by atoms with Crippen LogP contribution in [0.4, 0.5) is 0 Å². The molecule has 0 aliphatic carbocycles.